The third-order valence-electron chi connectivity index (χ3n) is 4.10. The first-order valence-corrected chi connectivity index (χ1v) is 7.56. The van der Waals surface area contributed by atoms with Gasteiger partial charge in [-0.1, -0.05) is 20.8 Å². The van der Waals surface area contributed by atoms with Gasteiger partial charge in [0.2, 0.25) is 0 Å². The van der Waals surface area contributed by atoms with E-state index in [9.17, 15) is 0 Å². The van der Waals surface area contributed by atoms with Gasteiger partial charge in [-0.3, -0.25) is 0 Å². The van der Waals surface area contributed by atoms with E-state index in [1.54, 1.807) is 0 Å². The van der Waals surface area contributed by atoms with Gasteiger partial charge in [-0.15, -0.1) is 0 Å². The lowest BCUT2D eigenvalue weighted by atomic mass is 9.79. The van der Waals surface area contributed by atoms with Crippen LogP contribution in [-0.4, -0.2) is 23.6 Å². The van der Waals surface area contributed by atoms with E-state index in [4.69, 9.17) is 0 Å². The molecule has 0 bridgehead atoms. The van der Waals surface area contributed by atoms with Gasteiger partial charge in [0.05, 0.1) is 0 Å². The number of rotatable bonds is 1. The first-order chi connectivity index (χ1) is 7.16. The highest BCUT2D eigenvalue weighted by Gasteiger charge is 2.33. The van der Waals surface area contributed by atoms with Crippen molar-refractivity contribution in [2.75, 3.05) is 12.3 Å². The van der Waals surface area contributed by atoms with Crippen LogP contribution in [0.3, 0.4) is 0 Å². The van der Waals surface area contributed by atoms with E-state index in [2.05, 4.69) is 37.8 Å². The van der Waals surface area contributed by atoms with Crippen molar-refractivity contribution in [1.82, 2.24) is 5.32 Å². The Balaban J connectivity index is 1.94. The van der Waals surface area contributed by atoms with E-state index in [-0.39, 0.29) is 0 Å². The maximum absolute atomic E-state index is 3.77. The van der Waals surface area contributed by atoms with Crippen molar-refractivity contribution in [3.05, 3.63) is 0 Å². The van der Waals surface area contributed by atoms with Gasteiger partial charge >= 0.3 is 0 Å². The van der Waals surface area contributed by atoms with Crippen LogP contribution in [0, 0.1) is 17.8 Å². The molecule has 2 heteroatoms. The second-order valence-corrected chi connectivity index (χ2v) is 7.08. The lowest BCUT2D eigenvalue weighted by molar-refractivity contribution is 0.246. The summed E-state index contributed by atoms with van der Waals surface area (Å²) in [7, 11) is 0. The van der Waals surface area contributed by atoms with E-state index < -0.39 is 0 Å². The second-order valence-electron chi connectivity index (χ2n) is 5.81. The predicted molar refractivity (Wildman–Crippen MR) is 69.4 cm³/mol. The standard InChI is InChI=1S/C13H25NS/c1-9(2)11-4-5-12-13(6-11)15-8-10(3)7-14-12/h9-14H,4-8H2,1-3H3. The summed E-state index contributed by atoms with van der Waals surface area (Å²) in [5, 5.41) is 4.67. The molecule has 0 spiro atoms. The van der Waals surface area contributed by atoms with Gasteiger partial charge in [0.25, 0.3) is 0 Å². The van der Waals surface area contributed by atoms with Gasteiger partial charge in [0.15, 0.2) is 0 Å². The summed E-state index contributed by atoms with van der Waals surface area (Å²) in [6.07, 6.45) is 4.31. The molecular formula is C13H25NS. The lowest BCUT2D eigenvalue weighted by Gasteiger charge is -2.36. The molecule has 1 saturated heterocycles. The van der Waals surface area contributed by atoms with Crippen LogP contribution in [0.4, 0.5) is 0 Å². The van der Waals surface area contributed by atoms with Crippen molar-refractivity contribution in [2.24, 2.45) is 17.8 Å². The molecule has 1 heterocycles. The molecule has 1 N–H and O–H groups in total. The van der Waals surface area contributed by atoms with Crippen LogP contribution in [0.25, 0.3) is 0 Å². The molecule has 88 valence electrons. The average Bonchev–Trinajstić information content (AvgIpc) is 2.40. The molecule has 2 aliphatic rings. The number of hydrogen-bond donors (Lipinski definition) is 1. The van der Waals surface area contributed by atoms with Gasteiger partial charge in [-0.25, -0.2) is 0 Å². The highest BCUT2D eigenvalue weighted by atomic mass is 32.2. The van der Waals surface area contributed by atoms with E-state index >= 15 is 0 Å². The van der Waals surface area contributed by atoms with Gasteiger partial charge in [-0.2, -0.15) is 11.8 Å². The summed E-state index contributed by atoms with van der Waals surface area (Å²) in [5.41, 5.74) is 0. The van der Waals surface area contributed by atoms with Crippen LogP contribution < -0.4 is 5.32 Å². The molecule has 1 aliphatic carbocycles. The Morgan fingerprint density at radius 2 is 2.07 bits per heavy atom. The Hall–Kier alpha value is 0.310. The van der Waals surface area contributed by atoms with Crippen molar-refractivity contribution in [1.29, 1.82) is 0 Å². The molecule has 1 nitrogen and oxygen atoms in total. The quantitative estimate of drug-likeness (QED) is 0.738. The minimum absolute atomic E-state index is 0.815. The third kappa shape index (κ3) is 2.91. The minimum Gasteiger partial charge on any atom is -0.313 e. The molecule has 1 saturated carbocycles. The maximum atomic E-state index is 3.77. The van der Waals surface area contributed by atoms with Crippen molar-refractivity contribution in [2.45, 2.75) is 51.3 Å². The molecule has 0 aromatic rings. The first kappa shape index (κ1) is 11.8. The van der Waals surface area contributed by atoms with Crippen molar-refractivity contribution in [3.8, 4) is 0 Å². The SMILES string of the molecule is CC1CNC2CCC(C(C)C)CC2SC1. The third-order valence-corrected chi connectivity index (χ3v) is 5.81. The van der Waals surface area contributed by atoms with E-state index in [0.717, 1.165) is 29.0 Å². The van der Waals surface area contributed by atoms with Gasteiger partial charge in [-0.05, 0) is 49.3 Å². The summed E-state index contributed by atoms with van der Waals surface area (Å²) in [6.45, 7) is 8.39. The largest absolute Gasteiger partial charge is 0.313 e. The van der Waals surface area contributed by atoms with Crippen molar-refractivity contribution in [3.63, 3.8) is 0 Å². The first-order valence-electron chi connectivity index (χ1n) is 6.51. The molecule has 1 aliphatic heterocycles. The van der Waals surface area contributed by atoms with E-state index in [1.807, 2.05) is 0 Å². The predicted octanol–water partition coefficient (Wildman–Crippen LogP) is 3.15. The van der Waals surface area contributed by atoms with Crippen LogP contribution in [0.5, 0.6) is 0 Å². The molecule has 4 atom stereocenters. The van der Waals surface area contributed by atoms with Crippen LogP contribution >= 0.6 is 11.8 Å². The molecule has 0 aromatic carbocycles. The Bertz CT molecular complexity index is 205. The zero-order valence-corrected chi connectivity index (χ0v) is 11.1. The topological polar surface area (TPSA) is 12.0 Å². The van der Waals surface area contributed by atoms with Crippen LogP contribution in [-0.2, 0) is 0 Å². The van der Waals surface area contributed by atoms with Crippen molar-refractivity contribution < 1.29 is 0 Å². The second kappa shape index (κ2) is 5.09. The molecule has 15 heavy (non-hydrogen) atoms. The summed E-state index contributed by atoms with van der Waals surface area (Å²) in [4.78, 5) is 0. The van der Waals surface area contributed by atoms with Crippen LogP contribution in [0.1, 0.15) is 40.0 Å². The van der Waals surface area contributed by atoms with E-state index in [0.29, 0.717) is 0 Å². The summed E-state index contributed by atoms with van der Waals surface area (Å²) in [6, 6.07) is 0.815. The normalized spacial score (nSPS) is 42.4. The fourth-order valence-corrected chi connectivity index (χ4v) is 4.42. The highest BCUT2D eigenvalue weighted by Crippen LogP contribution is 2.37. The lowest BCUT2D eigenvalue weighted by Crippen LogP contribution is -2.42. The molecular weight excluding hydrogens is 202 g/mol. The number of fused-ring (bicyclic) bond motifs is 1. The maximum Gasteiger partial charge on any atom is 0.0204 e. The summed E-state index contributed by atoms with van der Waals surface area (Å²) in [5.74, 6) is 4.08. The van der Waals surface area contributed by atoms with Gasteiger partial charge in [0, 0.05) is 11.3 Å². The molecule has 0 aromatic heterocycles. The number of hydrogen-bond acceptors (Lipinski definition) is 2. The number of nitrogens with one attached hydrogen (secondary N) is 1. The Morgan fingerprint density at radius 3 is 2.80 bits per heavy atom. The molecule has 2 rings (SSSR count). The van der Waals surface area contributed by atoms with Crippen LogP contribution in [0.2, 0.25) is 0 Å². The number of thioether (sulfide) groups is 1. The average molecular weight is 227 g/mol. The zero-order valence-electron chi connectivity index (χ0n) is 10.3. The summed E-state index contributed by atoms with van der Waals surface area (Å²) >= 11 is 2.23. The Labute approximate surface area is 98.8 Å². The van der Waals surface area contributed by atoms with Crippen LogP contribution in [0.15, 0.2) is 0 Å². The summed E-state index contributed by atoms with van der Waals surface area (Å²) < 4.78 is 0. The van der Waals surface area contributed by atoms with E-state index in [1.165, 1.54) is 31.6 Å². The fraction of sp³-hybridized carbons (Fsp3) is 1.00. The zero-order chi connectivity index (χ0) is 10.8. The molecule has 0 amide bonds. The smallest absolute Gasteiger partial charge is 0.0204 e. The Morgan fingerprint density at radius 1 is 1.27 bits per heavy atom. The van der Waals surface area contributed by atoms with Gasteiger partial charge in [0.1, 0.15) is 0 Å². The van der Waals surface area contributed by atoms with Crippen molar-refractivity contribution >= 4 is 11.8 Å². The Kier molecular flexibility index (Phi) is 4.00. The molecule has 0 radical (unpaired) electrons. The fourth-order valence-electron chi connectivity index (χ4n) is 2.88. The monoisotopic (exact) mass is 227 g/mol. The minimum atomic E-state index is 0.815. The highest BCUT2D eigenvalue weighted by molar-refractivity contribution is 8.00. The molecule has 2 fully saturated rings. The molecule has 4 unspecified atom stereocenters. The van der Waals surface area contributed by atoms with Gasteiger partial charge < -0.3 is 5.32 Å².